The van der Waals surface area contributed by atoms with Crippen LogP contribution in [-0.4, -0.2) is 41.9 Å². The molecule has 3 aromatic rings. The number of aromatic nitrogens is 2. The number of hydrogen-bond acceptors (Lipinski definition) is 5. The number of methoxy groups -OCH3 is 2. The number of ether oxygens (including phenoxy) is 2. The molecule has 3 heterocycles. The summed E-state index contributed by atoms with van der Waals surface area (Å²) in [6.07, 6.45) is 1.88. The molecule has 2 unspecified atom stereocenters. The Kier molecular flexibility index (Phi) is 4.88. The van der Waals surface area contributed by atoms with E-state index in [1.54, 1.807) is 19.1 Å². The zero-order valence-electron chi connectivity index (χ0n) is 19.4. The first kappa shape index (κ1) is 21.1. The maximum Gasteiger partial charge on any atom is 0.328 e. The first-order valence-electron chi connectivity index (χ1n) is 10.9. The van der Waals surface area contributed by atoms with Crippen molar-refractivity contribution >= 4 is 23.4 Å². The van der Waals surface area contributed by atoms with Gasteiger partial charge in [0.15, 0.2) is 5.82 Å². The number of hydrogen-bond donors (Lipinski definition) is 1. The van der Waals surface area contributed by atoms with Gasteiger partial charge in [0.25, 0.3) is 0 Å². The second kappa shape index (κ2) is 7.65. The smallest absolute Gasteiger partial charge is 0.328 e. The second-order valence-corrected chi connectivity index (χ2v) is 9.20. The van der Waals surface area contributed by atoms with Crippen LogP contribution >= 0.6 is 0 Å². The van der Waals surface area contributed by atoms with E-state index in [2.05, 4.69) is 31.2 Å². The van der Waals surface area contributed by atoms with Crippen molar-refractivity contribution in [2.45, 2.75) is 38.3 Å². The molecule has 0 aliphatic carbocycles. The number of amides is 2. The van der Waals surface area contributed by atoms with Gasteiger partial charge in [0.1, 0.15) is 23.4 Å². The molecule has 0 spiro atoms. The Morgan fingerprint density at radius 3 is 2.39 bits per heavy atom. The average molecular weight is 446 g/mol. The summed E-state index contributed by atoms with van der Waals surface area (Å²) in [6, 6.07) is 14.9. The van der Waals surface area contributed by atoms with Crippen molar-refractivity contribution < 1.29 is 14.3 Å². The van der Waals surface area contributed by atoms with Crippen molar-refractivity contribution in [1.82, 2.24) is 15.1 Å². The SMILES string of the molecule is COc1ccc(C2c3cnn(C(C)(C)C)c3N=C3NC(=O)N(c4cccc(OC)c4)C32)cc1. The van der Waals surface area contributed by atoms with Crippen molar-refractivity contribution in [3.63, 3.8) is 0 Å². The molecule has 8 nitrogen and oxygen atoms in total. The van der Waals surface area contributed by atoms with Crippen LogP contribution in [0, 0.1) is 0 Å². The summed E-state index contributed by atoms with van der Waals surface area (Å²) in [4.78, 5) is 19.9. The van der Waals surface area contributed by atoms with Crippen LogP contribution in [-0.2, 0) is 5.54 Å². The molecular weight excluding hydrogens is 418 g/mol. The van der Waals surface area contributed by atoms with Crippen molar-refractivity contribution in [3.8, 4) is 11.5 Å². The van der Waals surface area contributed by atoms with E-state index in [0.29, 0.717) is 11.6 Å². The Hall–Kier alpha value is -3.81. The molecule has 170 valence electrons. The summed E-state index contributed by atoms with van der Waals surface area (Å²) >= 11 is 0. The summed E-state index contributed by atoms with van der Waals surface area (Å²) < 4.78 is 12.7. The number of benzene rings is 2. The molecule has 33 heavy (non-hydrogen) atoms. The van der Waals surface area contributed by atoms with Crippen LogP contribution in [0.3, 0.4) is 0 Å². The third kappa shape index (κ3) is 3.42. The van der Waals surface area contributed by atoms with E-state index in [-0.39, 0.29) is 23.5 Å². The zero-order valence-corrected chi connectivity index (χ0v) is 19.4. The summed E-state index contributed by atoms with van der Waals surface area (Å²) in [5.41, 5.74) is 2.51. The van der Waals surface area contributed by atoms with E-state index < -0.39 is 0 Å². The minimum atomic E-state index is -0.344. The molecule has 0 saturated carbocycles. The average Bonchev–Trinajstić information content (AvgIpc) is 3.37. The Balaban J connectivity index is 1.70. The number of fused-ring (bicyclic) bond motifs is 2. The number of rotatable bonds is 4. The lowest BCUT2D eigenvalue weighted by Crippen LogP contribution is -2.42. The van der Waals surface area contributed by atoms with Gasteiger partial charge in [0.2, 0.25) is 0 Å². The maximum absolute atomic E-state index is 13.2. The molecule has 2 amide bonds. The molecular formula is C25H27N5O3. The number of carbonyl (C=O) groups is 1. The number of amidine groups is 1. The van der Waals surface area contributed by atoms with Crippen molar-refractivity contribution in [2.75, 3.05) is 19.1 Å². The lowest BCUT2D eigenvalue weighted by Gasteiger charge is -2.33. The minimum absolute atomic E-state index is 0.167. The Labute approximate surface area is 192 Å². The Morgan fingerprint density at radius 2 is 1.73 bits per heavy atom. The van der Waals surface area contributed by atoms with Gasteiger partial charge >= 0.3 is 6.03 Å². The highest BCUT2D eigenvalue weighted by Crippen LogP contribution is 2.45. The third-order valence-electron chi connectivity index (χ3n) is 6.10. The molecule has 1 N–H and O–H groups in total. The van der Waals surface area contributed by atoms with Gasteiger partial charge < -0.3 is 9.47 Å². The molecule has 1 saturated heterocycles. The van der Waals surface area contributed by atoms with Gasteiger partial charge in [-0.2, -0.15) is 5.10 Å². The number of anilines is 1. The molecule has 5 rings (SSSR count). The number of nitrogens with zero attached hydrogens (tertiary/aromatic N) is 4. The molecule has 0 bridgehead atoms. The highest BCUT2D eigenvalue weighted by Gasteiger charge is 2.48. The van der Waals surface area contributed by atoms with E-state index >= 15 is 0 Å². The highest BCUT2D eigenvalue weighted by molar-refractivity contribution is 6.18. The fraction of sp³-hybridized carbons (Fsp3) is 0.320. The molecule has 1 fully saturated rings. The minimum Gasteiger partial charge on any atom is -0.497 e. The van der Waals surface area contributed by atoms with Gasteiger partial charge in [0.05, 0.1) is 26.0 Å². The first-order chi connectivity index (χ1) is 15.8. The molecule has 2 aliphatic rings. The topological polar surface area (TPSA) is 81.0 Å². The first-order valence-corrected chi connectivity index (χ1v) is 10.9. The molecule has 0 radical (unpaired) electrons. The van der Waals surface area contributed by atoms with Crippen LogP contribution in [0.4, 0.5) is 16.3 Å². The summed E-state index contributed by atoms with van der Waals surface area (Å²) in [5, 5.41) is 7.69. The highest BCUT2D eigenvalue weighted by atomic mass is 16.5. The van der Waals surface area contributed by atoms with Crippen LogP contribution in [0.5, 0.6) is 11.5 Å². The van der Waals surface area contributed by atoms with Crippen LogP contribution in [0.2, 0.25) is 0 Å². The molecule has 2 atom stereocenters. The summed E-state index contributed by atoms with van der Waals surface area (Å²) in [7, 11) is 3.26. The van der Waals surface area contributed by atoms with Gasteiger partial charge in [-0.1, -0.05) is 18.2 Å². The number of carbonyl (C=O) groups excluding carboxylic acids is 1. The lowest BCUT2D eigenvalue weighted by atomic mass is 9.83. The molecule has 1 aromatic heterocycles. The van der Waals surface area contributed by atoms with Gasteiger partial charge in [0, 0.05) is 23.2 Å². The Morgan fingerprint density at radius 1 is 1.00 bits per heavy atom. The molecule has 2 aromatic carbocycles. The summed E-state index contributed by atoms with van der Waals surface area (Å²) in [6.45, 7) is 6.26. The number of nitrogens with one attached hydrogen (secondary N) is 1. The van der Waals surface area contributed by atoms with E-state index in [1.165, 1.54) is 0 Å². The quantitative estimate of drug-likeness (QED) is 0.644. The van der Waals surface area contributed by atoms with E-state index in [1.807, 2.05) is 59.4 Å². The van der Waals surface area contributed by atoms with Gasteiger partial charge in [-0.15, -0.1) is 0 Å². The van der Waals surface area contributed by atoms with Crippen LogP contribution in [0.25, 0.3) is 0 Å². The van der Waals surface area contributed by atoms with Crippen molar-refractivity contribution in [3.05, 3.63) is 65.9 Å². The van der Waals surface area contributed by atoms with E-state index in [9.17, 15) is 4.79 Å². The van der Waals surface area contributed by atoms with Crippen molar-refractivity contribution in [2.24, 2.45) is 4.99 Å². The predicted octanol–water partition coefficient (Wildman–Crippen LogP) is 4.43. The summed E-state index contributed by atoms with van der Waals surface area (Å²) in [5.74, 6) is 2.67. The standard InChI is InChI=1S/C25H27N5O3/c1-25(2,3)30-23-19(14-26-30)20(15-9-11-17(32-4)12-10-15)21-22(27-23)28-24(31)29(21)16-7-6-8-18(13-16)33-5/h6-14,20-21H,1-5H3,(H,27,28,31). The third-order valence-corrected chi connectivity index (χ3v) is 6.10. The maximum atomic E-state index is 13.2. The van der Waals surface area contributed by atoms with Crippen LogP contribution in [0.1, 0.15) is 37.8 Å². The largest absolute Gasteiger partial charge is 0.497 e. The van der Waals surface area contributed by atoms with Gasteiger partial charge in [-0.25, -0.2) is 14.5 Å². The monoisotopic (exact) mass is 445 g/mol. The van der Waals surface area contributed by atoms with Gasteiger partial charge in [-0.3, -0.25) is 10.2 Å². The molecule has 2 aliphatic heterocycles. The predicted molar refractivity (Wildman–Crippen MR) is 127 cm³/mol. The Bertz CT molecular complexity index is 1240. The second-order valence-electron chi connectivity index (χ2n) is 9.20. The normalized spacial score (nSPS) is 19.5. The van der Waals surface area contributed by atoms with E-state index in [4.69, 9.17) is 14.5 Å². The van der Waals surface area contributed by atoms with Crippen molar-refractivity contribution in [1.29, 1.82) is 0 Å². The van der Waals surface area contributed by atoms with Crippen LogP contribution < -0.4 is 19.7 Å². The zero-order chi connectivity index (χ0) is 23.3. The van der Waals surface area contributed by atoms with Crippen LogP contribution in [0.15, 0.2) is 59.7 Å². The number of urea groups is 1. The number of aliphatic imine (C=N–C) groups is 1. The molecule has 8 heteroatoms. The van der Waals surface area contributed by atoms with Gasteiger partial charge in [-0.05, 0) is 50.6 Å². The fourth-order valence-electron chi connectivity index (χ4n) is 4.57. The lowest BCUT2D eigenvalue weighted by molar-refractivity contribution is 0.252. The van der Waals surface area contributed by atoms with E-state index in [0.717, 1.165) is 28.4 Å². The fourth-order valence-corrected chi connectivity index (χ4v) is 4.57.